The smallest absolute Gasteiger partial charge is 0.120 e. The zero-order valence-corrected chi connectivity index (χ0v) is 20.9. The van der Waals surface area contributed by atoms with E-state index in [-0.39, 0.29) is 5.54 Å². The number of nitrogens with one attached hydrogen (secondary N) is 1. The van der Waals surface area contributed by atoms with Crippen molar-refractivity contribution in [1.29, 1.82) is 0 Å². The normalized spacial score (nSPS) is 15.6. The highest BCUT2D eigenvalue weighted by molar-refractivity contribution is 5.80. The molecule has 1 N–H and O–H groups in total. The molecular formula is C29H43NO. The maximum atomic E-state index is 6.02. The van der Waals surface area contributed by atoms with Crippen molar-refractivity contribution >= 4 is 11.3 Å². The molecule has 0 saturated carbocycles. The molecule has 2 nitrogen and oxygen atoms in total. The Bertz CT molecular complexity index is 847. The van der Waals surface area contributed by atoms with E-state index in [2.05, 4.69) is 96.3 Å². The summed E-state index contributed by atoms with van der Waals surface area (Å²) in [4.78, 5) is 0. The molecule has 0 aromatic heterocycles. The zero-order chi connectivity index (χ0) is 22.9. The second-order valence-corrected chi connectivity index (χ2v) is 9.83. The first-order valence-electron chi connectivity index (χ1n) is 11.9. The third kappa shape index (κ3) is 9.21. The minimum Gasteiger partial charge on any atom is -0.494 e. The molecule has 1 aromatic carbocycles. The van der Waals surface area contributed by atoms with Gasteiger partial charge in [0.1, 0.15) is 5.75 Å². The van der Waals surface area contributed by atoms with E-state index in [4.69, 9.17) is 4.74 Å². The van der Waals surface area contributed by atoms with E-state index in [9.17, 15) is 0 Å². The van der Waals surface area contributed by atoms with E-state index in [0.29, 0.717) is 0 Å². The molecule has 0 radical (unpaired) electrons. The van der Waals surface area contributed by atoms with Crippen LogP contribution < -0.4 is 10.1 Å². The second kappa shape index (κ2) is 12.0. The number of hydrogen-bond donors (Lipinski definition) is 1. The SMILES string of the molecule is CC(C)=CCC/C(C)=C/CC/C(C)=C/CCCOc1ccc2c(c1)C(C)=CC(C)(C)N2. The van der Waals surface area contributed by atoms with Gasteiger partial charge in [-0.05, 0) is 111 Å². The van der Waals surface area contributed by atoms with Crippen molar-refractivity contribution in [3.05, 3.63) is 64.8 Å². The van der Waals surface area contributed by atoms with Gasteiger partial charge >= 0.3 is 0 Å². The molecule has 0 spiro atoms. The van der Waals surface area contributed by atoms with Crippen LogP contribution in [0.4, 0.5) is 5.69 Å². The number of fused-ring (bicyclic) bond motifs is 1. The van der Waals surface area contributed by atoms with Crippen molar-refractivity contribution in [2.24, 2.45) is 0 Å². The molecule has 0 unspecified atom stereocenters. The summed E-state index contributed by atoms with van der Waals surface area (Å²) in [6, 6.07) is 6.38. The molecule has 0 atom stereocenters. The van der Waals surface area contributed by atoms with E-state index < -0.39 is 0 Å². The van der Waals surface area contributed by atoms with Crippen LogP contribution in [-0.4, -0.2) is 12.1 Å². The molecule has 2 heteroatoms. The minimum absolute atomic E-state index is 0.00363. The van der Waals surface area contributed by atoms with Gasteiger partial charge < -0.3 is 10.1 Å². The fraction of sp³-hybridized carbons (Fsp3) is 0.517. The van der Waals surface area contributed by atoms with Gasteiger partial charge in [-0.15, -0.1) is 0 Å². The largest absolute Gasteiger partial charge is 0.494 e. The number of allylic oxidation sites excluding steroid dienone is 7. The number of benzene rings is 1. The summed E-state index contributed by atoms with van der Waals surface area (Å²) in [6.45, 7) is 16.2. The number of ether oxygens (including phenoxy) is 1. The fourth-order valence-corrected chi connectivity index (χ4v) is 4.01. The molecule has 1 aliphatic rings. The molecule has 0 bridgehead atoms. The predicted octanol–water partition coefficient (Wildman–Crippen LogP) is 8.87. The molecular weight excluding hydrogens is 378 g/mol. The lowest BCUT2D eigenvalue weighted by Gasteiger charge is -2.31. The van der Waals surface area contributed by atoms with E-state index in [0.717, 1.165) is 44.5 Å². The van der Waals surface area contributed by atoms with E-state index in [1.54, 1.807) is 0 Å². The van der Waals surface area contributed by atoms with Crippen LogP contribution in [-0.2, 0) is 0 Å². The first-order chi connectivity index (χ1) is 14.7. The first kappa shape index (κ1) is 25.0. The Morgan fingerprint density at radius 2 is 1.58 bits per heavy atom. The lowest BCUT2D eigenvalue weighted by Crippen LogP contribution is -2.31. The maximum Gasteiger partial charge on any atom is 0.120 e. The summed E-state index contributed by atoms with van der Waals surface area (Å²) >= 11 is 0. The van der Waals surface area contributed by atoms with Crippen molar-refractivity contribution in [3.63, 3.8) is 0 Å². The Balaban J connectivity index is 1.69. The second-order valence-electron chi connectivity index (χ2n) is 9.83. The van der Waals surface area contributed by atoms with E-state index >= 15 is 0 Å². The molecule has 2 rings (SSSR count). The Hall–Kier alpha value is -2.22. The summed E-state index contributed by atoms with van der Waals surface area (Å²) in [7, 11) is 0. The highest BCUT2D eigenvalue weighted by atomic mass is 16.5. The average molecular weight is 422 g/mol. The van der Waals surface area contributed by atoms with Crippen LogP contribution in [0.25, 0.3) is 5.57 Å². The van der Waals surface area contributed by atoms with Gasteiger partial charge in [0.25, 0.3) is 0 Å². The number of rotatable bonds is 11. The van der Waals surface area contributed by atoms with Crippen LogP contribution in [0.2, 0.25) is 0 Å². The summed E-state index contributed by atoms with van der Waals surface area (Å²) in [5.74, 6) is 0.961. The summed E-state index contributed by atoms with van der Waals surface area (Å²) < 4.78 is 6.02. The average Bonchev–Trinajstić information content (AvgIpc) is 2.67. The minimum atomic E-state index is 0.00363. The van der Waals surface area contributed by atoms with Crippen LogP contribution in [0.5, 0.6) is 5.75 Å². The number of unbranched alkanes of at least 4 members (excludes halogenated alkanes) is 1. The first-order valence-corrected chi connectivity index (χ1v) is 11.9. The van der Waals surface area contributed by atoms with Gasteiger partial charge in [-0.2, -0.15) is 0 Å². The monoisotopic (exact) mass is 421 g/mol. The third-order valence-corrected chi connectivity index (χ3v) is 5.68. The molecule has 0 fully saturated rings. The highest BCUT2D eigenvalue weighted by Crippen LogP contribution is 2.35. The summed E-state index contributed by atoms with van der Waals surface area (Å²) in [5.41, 5.74) is 8.15. The van der Waals surface area contributed by atoms with Crippen molar-refractivity contribution in [2.75, 3.05) is 11.9 Å². The Morgan fingerprint density at radius 1 is 0.935 bits per heavy atom. The molecule has 1 aliphatic heterocycles. The molecule has 0 aliphatic carbocycles. The topological polar surface area (TPSA) is 21.3 Å². The number of anilines is 1. The molecule has 31 heavy (non-hydrogen) atoms. The Kier molecular flexibility index (Phi) is 9.68. The van der Waals surface area contributed by atoms with Crippen molar-refractivity contribution in [2.45, 2.75) is 92.5 Å². The van der Waals surface area contributed by atoms with Gasteiger partial charge in [-0.1, -0.05) is 41.0 Å². The lowest BCUT2D eigenvalue weighted by molar-refractivity contribution is 0.312. The van der Waals surface area contributed by atoms with Crippen molar-refractivity contribution in [1.82, 2.24) is 0 Å². The summed E-state index contributed by atoms with van der Waals surface area (Å²) in [5, 5.41) is 3.57. The maximum absolute atomic E-state index is 6.02. The standard InChI is InChI=1S/C29H43NO/c1-22(2)12-10-14-24(4)16-11-15-23(3)13-8-9-19-31-26-17-18-28-27(20-26)25(5)21-29(6,7)30-28/h12-13,16-18,20-21,30H,8-11,14-15,19H2,1-7H3/b23-13+,24-16+. The van der Waals surface area contributed by atoms with Crippen LogP contribution >= 0.6 is 0 Å². The van der Waals surface area contributed by atoms with Gasteiger partial charge in [0.2, 0.25) is 0 Å². The Labute approximate surface area is 191 Å². The van der Waals surface area contributed by atoms with Gasteiger partial charge in [0.15, 0.2) is 0 Å². The third-order valence-electron chi connectivity index (χ3n) is 5.68. The predicted molar refractivity (Wildman–Crippen MR) is 138 cm³/mol. The molecule has 0 amide bonds. The highest BCUT2D eigenvalue weighted by Gasteiger charge is 2.22. The number of hydrogen-bond acceptors (Lipinski definition) is 2. The van der Waals surface area contributed by atoms with Gasteiger partial charge in [0, 0.05) is 11.3 Å². The van der Waals surface area contributed by atoms with Crippen LogP contribution in [0.3, 0.4) is 0 Å². The molecule has 1 heterocycles. The zero-order valence-electron chi connectivity index (χ0n) is 20.9. The lowest BCUT2D eigenvalue weighted by atomic mass is 9.91. The van der Waals surface area contributed by atoms with Crippen LogP contribution in [0.1, 0.15) is 92.6 Å². The van der Waals surface area contributed by atoms with Gasteiger partial charge in [-0.3, -0.25) is 0 Å². The van der Waals surface area contributed by atoms with Crippen LogP contribution in [0, 0.1) is 0 Å². The molecule has 170 valence electrons. The molecule has 1 aromatic rings. The van der Waals surface area contributed by atoms with Crippen LogP contribution in [0.15, 0.2) is 59.2 Å². The summed E-state index contributed by atoms with van der Waals surface area (Å²) in [6.07, 6.45) is 16.2. The molecule has 0 saturated heterocycles. The fourth-order valence-electron chi connectivity index (χ4n) is 4.01. The van der Waals surface area contributed by atoms with Gasteiger partial charge in [-0.25, -0.2) is 0 Å². The van der Waals surface area contributed by atoms with E-state index in [1.807, 2.05) is 0 Å². The van der Waals surface area contributed by atoms with Crippen molar-refractivity contribution < 1.29 is 4.74 Å². The Morgan fingerprint density at radius 3 is 2.26 bits per heavy atom. The van der Waals surface area contributed by atoms with E-state index in [1.165, 1.54) is 40.0 Å². The van der Waals surface area contributed by atoms with Crippen molar-refractivity contribution in [3.8, 4) is 5.75 Å². The van der Waals surface area contributed by atoms with Gasteiger partial charge in [0.05, 0.1) is 12.1 Å². The quantitative estimate of drug-likeness (QED) is 0.284.